The van der Waals surface area contributed by atoms with Crippen LogP contribution >= 0.6 is 23.2 Å². The van der Waals surface area contributed by atoms with Crippen molar-refractivity contribution in [2.45, 2.75) is 13.3 Å². The van der Waals surface area contributed by atoms with Crippen LogP contribution in [0.25, 0.3) is 0 Å². The number of carbonyl (C=O) groups is 2. The number of nitrogens with zero attached hydrogens (tertiary/aromatic N) is 1. The Morgan fingerprint density at radius 1 is 1.20 bits per heavy atom. The van der Waals surface area contributed by atoms with Gasteiger partial charge in [0.25, 0.3) is 0 Å². The Balaban J connectivity index is 2.64. The van der Waals surface area contributed by atoms with Gasteiger partial charge in [0.2, 0.25) is 11.6 Å². The molecule has 0 spiro atoms. The van der Waals surface area contributed by atoms with E-state index in [2.05, 4.69) is 9.97 Å². The molecule has 0 amide bonds. The molecule has 0 fully saturated rings. The largest absolute Gasteiger partial charge is 0.339 e. The average molecular weight is 245 g/mol. The Morgan fingerprint density at radius 3 is 2.40 bits per heavy atom. The summed E-state index contributed by atoms with van der Waals surface area (Å²) in [5, 5.41) is -0.510. The zero-order valence-electron chi connectivity index (χ0n) is 7.73. The van der Waals surface area contributed by atoms with Gasteiger partial charge in [-0.3, -0.25) is 9.59 Å². The van der Waals surface area contributed by atoms with Crippen molar-refractivity contribution >= 4 is 34.8 Å². The van der Waals surface area contributed by atoms with Gasteiger partial charge in [0.15, 0.2) is 0 Å². The first-order chi connectivity index (χ1) is 7.06. The zero-order chi connectivity index (χ0) is 11.2. The van der Waals surface area contributed by atoms with E-state index < -0.39 is 11.6 Å². The average Bonchev–Trinajstić information content (AvgIpc) is 2.67. The van der Waals surface area contributed by atoms with Crippen LogP contribution in [0.5, 0.6) is 0 Å². The van der Waals surface area contributed by atoms with E-state index in [0.717, 1.165) is 0 Å². The molecule has 0 saturated heterocycles. The van der Waals surface area contributed by atoms with Crippen molar-refractivity contribution in [3.8, 4) is 0 Å². The Kier molecular flexibility index (Phi) is 2.40. The first-order valence-electron chi connectivity index (χ1n) is 4.29. The predicted octanol–water partition coefficient (Wildman–Crippen LogP) is 2.04. The molecule has 1 heterocycles. The van der Waals surface area contributed by atoms with Gasteiger partial charge in [-0.05, 0) is 0 Å². The fourth-order valence-corrected chi connectivity index (χ4v) is 1.69. The molecule has 1 aromatic heterocycles. The summed E-state index contributed by atoms with van der Waals surface area (Å²) in [7, 11) is 0. The molecular weight excluding hydrogens is 239 g/mol. The summed E-state index contributed by atoms with van der Waals surface area (Å²) >= 11 is 11.2. The van der Waals surface area contributed by atoms with Crippen LogP contribution in [-0.4, -0.2) is 21.5 Å². The van der Waals surface area contributed by atoms with Crippen molar-refractivity contribution in [2.75, 3.05) is 0 Å². The number of allylic oxidation sites excluding steroid dienone is 2. The van der Waals surface area contributed by atoms with Gasteiger partial charge >= 0.3 is 0 Å². The third-order valence-electron chi connectivity index (χ3n) is 2.12. The summed E-state index contributed by atoms with van der Waals surface area (Å²) in [5.74, 6) is -0.423. The molecule has 0 radical (unpaired) electrons. The molecule has 0 atom stereocenters. The molecule has 1 N–H and O–H groups in total. The molecule has 4 nitrogen and oxygen atoms in total. The monoisotopic (exact) mass is 244 g/mol. The first kappa shape index (κ1) is 10.4. The quantitative estimate of drug-likeness (QED) is 0.823. The Labute approximate surface area is 95.3 Å². The number of fused-ring (bicyclic) bond motifs is 1. The van der Waals surface area contributed by atoms with E-state index in [4.69, 9.17) is 23.2 Å². The molecule has 0 aliphatic heterocycles. The van der Waals surface area contributed by atoms with E-state index in [9.17, 15) is 9.59 Å². The standard InChI is InChI=1S/C9H6Cl2N2O2/c1-2-3-12-6-7(13-3)9(15)5(11)4(10)8(6)14/h2H2,1H3,(H,12,13). The van der Waals surface area contributed by atoms with E-state index >= 15 is 0 Å². The van der Waals surface area contributed by atoms with E-state index in [-0.39, 0.29) is 21.5 Å². The maximum absolute atomic E-state index is 11.6. The summed E-state index contributed by atoms with van der Waals surface area (Å²) in [6.07, 6.45) is 0.600. The number of aryl methyl sites for hydroxylation is 1. The Bertz CT molecular complexity index is 461. The minimum atomic E-state index is -0.507. The molecule has 0 aromatic carbocycles. The fraction of sp³-hybridized carbons (Fsp3) is 0.222. The predicted molar refractivity (Wildman–Crippen MR) is 55.4 cm³/mol. The molecule has 1 aliphatic rings. The van der Waals surface area contributed by atoms with Crippen LogP contribution in [0.15, 0.2) is 10.1 Å². The number of hydrogen-bond acceptors (Lipinski definition) is 3. The normalized spacial score (nSPS) is 15.9. The van der Waals surface area contributed by atoms with Gasteiger partial charge in [0, 0.05) is 6.42 Å². The van der Waals surface area contributed by atoms with Crippen LogP contribution in [0.4, 0.5) is 0 Å². The number of imidazole rings is 1. The van der Waals surface area contributed by atoms with Crippen molar-refractivity contribution in [1.29, 1.82) is 0 Å². The zero-order valence-corrected chi connectivity index (χ0v) is 9.24. The van der Waals surface area contributed by atoms with Crippen LogP contribution in [-0.2, 0) is 6.42 Å². The number of rotatable bonds is 1. The Morgan fingerprint density at radius 2 is 1.80 bits per heavy atom. The lowest BCUT2D eigenvalue weighted by atomic mass is 10.1. The third-order valence-corrected chi connectivity index (χ3v) is 2.94. The van der Waals surface area contributed by atoms with E-state index in [0.29, 0.717) is 12.2 Å². The molecule has 0 saturated carbocycles. The second-order valence-corrected chi connectivity index (χ2v) is 3.80. The van der Waals surface area contributed by atoms with Gasteiger partial charge in [0.05, 0.1) is 0 Å². The minimum absolute atomic E-state index is 0.0613. The summed E-state index contributed by atoms with van der Waals surface area (Å²) < 4.78 is 0. The second-order valence-electron chi connectivity index (χ2n) is 3.05. The maximum Gasteiger partial charge on any atom is 0.226 e. The highest BCUT2D eigenvalue weighted by Crippen LogP contribution is 2.29. The number of Topliss-reactive ketones (excluding diaryl/α,β-unsaturated/α-hetero) is 2. The molecule has 78 valence electrons. The molecule has 0 bridgehead atoms. The number of H-pyrrole nitrogens is 1. The van der Waals surface area contributed by atoms with Gasteiger partial charge in [0.1, 0.15) is 27.3 Å². The van der Waals surface area contributed by atoms with Gasteiger partial charge in [-0.1, -0.05) is 30.1 Å². The molecule has 0 unspecified atom stereocenters. The summed E-state index contributed by atoms with van der Waals surface area (Å²) in [6, 6.07) is 0. The molecule has 1 aliphatic carbocycles. The Hall–Kier alpha value is -1.13. The molecular formula is C9H6Cl2N2O2. The number of ketones is 2. The molecule has 2 rings (SSSR count). The van der Waals surface area contributed by atoms with Crippen LogP contribution in [0.2, 0.25) is 0 Å². The fourth-order valence-electron chi connectivity index (χ4n) is 1.33. The topological polar surface area (TPSA) is 62.8 Å². The van der Waals surface area contributed by atoms with Crippen LogP contribution in [0, 0.1) is 0 Å². The van der Waals surface area contributed by atoms with Crippen LogP contribution in [0.3, 0.4) is 0 Å². The summed E-state index contributed by atoms with van der Waals surface area (Å²) in [4.78, 5) is 29.9. The number of aromatic amines is 1. The number of nitrogens with one attached hydrogen (secondary N) is 1. The van der Waals surface area contributed by atoms with Crippen molar-refractivity contribution in [3.63, 3.8) is 0 Å². The number of aromatic nitrogens is 2. The highest BCUT2D eigenvalue weighted by molar-refractivity contribution is 6.59. The minimum Gasteiger partial charge on any atom is -0.339 e. The van der Waals surface area contributed by atoms with Crippen molar-refractivity contribution in [1.82, 2.24) is 9.97 Å². The van der Waals surface area contributed by atoms with Crippen molar-refractivity contribution < 1.29 is 9.59 Å². The van der Waals surface area contributed by atoms with E-state index in [1.165, 1.54) is 0 Å². The smallest absolute Gasteiger partial charge is 0.226 e. The third kappa shape index (κ3) is 1.41. The van der Waals surface area contributed by atoms with Gasteiger partial charge in [-0.25, -0.2) is 4.98 Å². The molecule has 1 aromatic rings. The van der Waals surface area contributed by atoms with Gasteiger partial charge < -0.3 is 4.98 Å². The highest BCUT2D eigenvalue weighted by atomic mass is 35.5. The van der Waals surface area contributed by atoms with Gasteiger partial charge in [-0.15, -0.1) is 0 Å². The maximum atomic E-state index is 11.6. The summed E-state index contributed by atoms with van der Waals surface area (Å²) in [6.45, 7) is 1.86. The molecule has 6 heteroatoms. The number of hydrogen-bond donors (Lipinski definition) is 1. The lowest BCUT2D eigenvalue weighted by Crippen LogP contribution is -2.17. The first-order valence-corrected chi connectivity index (χ1v) is 5.05. The van der Waals surface area contributed by atoms with E-state index in [1.54, 1.807) is 0 Å². The highest BCUT2D eigenvalue weighted by Gasteiger charge is 2.33. The number of carbonyl (C=O) groups excluding carboxylic acids is 2. The summed E-state index contributed by atoms with van der Waals surface area (Å²) in [5.41, 5.74) is 0.192. The van der Waals surface area contributed by atoms with Gasteiger partial charge in [-0.2, -0.15) is 0 Å². The number of halogens is 2. The lowest BCUT2D eigenvalue weighted by molar-refractivity contribution is 0.0982. The van der Waals surface area contributed by atoms with Crippen LogP contribution < -0.4 is 0 Å². The molecule has 15 heavy (non-hydrogen) atoms. The SMILES string of the molecule is CCc1nc2c([nH]1)C(=O)C(Cl)=C(Cl)C2=O. The van der Waals surface area contributed by atoms with Crippen molar-refractivity contribution in [3.05, 3.63) is 27.3 Å². The lowest BCUT2D eigenvalue weighted by Gasteiger charge is -2.07. The van der Waals surface area contributed by atoms with Crippen LogP contribution in [0.1, 0.15) is 33.7 Å². The van der Waals surface area contributed by atoms with E-state index in [1.807, 2.05) is 6.92 Å². The second kappa shape index (κ2) is 3.47. The van der Waals surface area contributed by atoms with Crippen molar-refractivity contribution in [2.24, 2.45) is 0 Å².